The van der Waals surface area contributed by atoms with Crippen LogP contribution in [-0.4, -0.2) is 17.5 Å². The third kappa shape index (κ3) is 3.33. The number of esters is 1. The largest absolute Gasteiger partial charge is 0.460 e. The molecule has 0 aliphatic rings. The van der Waals surface area contributed by atoms with E-state index in [1.165, 1.54) is 30.3 Å². The van der Waals surface area contributed by atoms with Gasteiger partial charge in [-0.3, -0.25) is 14.9 Å². The normalized spacial score (nSPS) is 10.1. The van der Waals surface area contributed by atoms with Crippen LogP contribution in [0, 0.1) is 10.1 Å². The SMILES string of the molecule is CCOC(=O)c1cc(=O)cc(-c2ccc([N+](=O)[O-])cc2)o1. The van der Waals surface area contributed by atoms with Gasteiger partial charge in [0, 0.05) is 29.8 Å². The number of hydrogen-bond donors (Lipinski definition) is 0. The van der Waals surface area contributed by atoms with Crippen molar-refractivity contribution in [1.82, 2.24) is 0 Å². The number of nitrogens with zero attached hydrogens (tertiary/aromatic N) is 1. The molecule has 0 aliphatic heterocycles. The highest BCUT2D eigenvalue weighted by Gasteiger charge is 2.14. The van der Waals surface area contributed by atoms with E-state index in [1.807, 2.05) is 0 Å². The van der Waals surface area contributed by atoms with E-state index in [0.717, 1.165) is 6.07 Å². The average molecular weight is 289 g/mol. The summed E-state index contributed by atoms with van der Waals surface area (Å²) in [4.78, 5) is 33.2. The molecular formula is C14H11NO6. The van der Waals surface area contributed by atoms with Crippen molar-refractivity contribution in [2.24, 2.45) is 0 Å². The van der Waals surface area contributed by atoms with Gasteiger partial charge in [-0.2, -0.15) is 0 Å². The van der Waals surface area contributed by atoms with Crippen LogP contribution in [0.4, 0.5) is 5.69 Å². The Hall–Kier alpha value is -2.96. The highest BCUT2D eigenvalue weighted by atomic mass is 16.6. The van der Waals surface area contributed by atoms with E-state index in [0.29, 0.717) is 5.56 Å². The van der Waals surface area contributed by atoms with Gasteiger partial charge in [-0.15, -0.1) is 0 Å². The molecule has 7 nitrogen and oxygen atoms in total. The molecule has 0 fully saturated rings. The van der Waals surface area contributed by atoms with Gasteiger partial charge >= 0.3 is 5.97 Å². The summed E-state index contributed by atoms with van der Waals surface area (Å²) in [5, 5.41) is 10.6. The van der Waals surface area contributed by atoms with E-state index in [1.54, 1.807) is 6.92 Å². The van der Waals surface area contributed by atoms with E-state index in [2.05, 4.69) is 0 Å². The molecular weight excluding hydrogens is 278 g/mol. The number of non-ortho nitro benzene ring substituents is 1. The van der Waals surface area contributed by atoms with Crippen molar-refractivity contribution in [3.63, 3.8) is 0 Å². The summed E-state index contributed by atoms with van der Waals surface area (Å²) in [6.07, 6.45) is 0. The van der Waals surface area contributed by atoms with Gasteiger partial charge in [-0.05, 0) is 19.1 Å². The van der Waals surface area contributed by atoms with Crippen LogP contribution in [0.5, 0.6) is 0 Å². The van der Waals surface area contributed by atoms with Crippen LogP contribution in [0.2, 0.25) is 0 Å². The molecule has 0 N–H and O–H groups in total. The fourth-order valence-electron chi connectivity index (χ4n) is 1.67. The molecule has 0 saturated carbocycles. The lowest BCUT2D eigenvalue weighted by molar-refractivity contribution is -0.384. The molecule has 21 heavy (non-hydrogen) atoms. The Morgan fingerprint density at radius 1 is 1.29 bits per heavy atom. The number of nitro benzene ring substituents is 1. The minimum Gasteiger partial charge on any atom is -0.460 e. The Labute approximate surface area is 118 Å². The Morgan fingerprint density at radius 2 is 1.95 bits per heavy atom. The summed E-state index contributed by atoms with van der Waals surface area (Å²) < 4.78 is 10.1. The van der Waals surface area contributed by atoms with Crippen LogP contribution in [0.15, 0.2) is 45.6 Å². The quantitative estimate of drug-likeness (QED) is 0.486. The maximum atomic E-state index is 11.6. The number of rotatable bonds is 4. The monoisotopic (exact) mass is 289 g/mol. The predicted octanol–water partition coefficient (Wildman–Crippen LogP) is 2.39. The smallest absolute Gasteiger partial charge is 0.374 e. The van der Waals surface area contributed by atoms with Gasteiger partial charge in [-0.25, -0.2) is 4.79 Å². The number of benzene rings is 1. The van der Waals surface area contributed by atoms with Crippen molar-refractivity contribution in [3.05, 3.63) is 62.5 Å². The second-order valence-corrected chi connectivity index (χ2v) is 4.05. The lowest BCUT2D eigenvalue weighted by atomic mass is 10.1. The Kier molecular flexibility index (Phi) is 4.13. The van der Waals surface area contributed by atoms with Gasteiger partial charge in [0.15, 0.2) is 5.43 Å². The first-order valence-electron chi connectivity index (χ1n) is 6.08. The summed E-state index contributed by atoms with van der Waals surface area (Å²) in [5.74, 6) is -0.809. The van der Waals surface area contributed by atoms with Crippen LogP contribution >= 0.6 is 0 Å². The Morgan fingerprint density at radius 3 is 2.52 bits per heavy atom. The zero-order chi connectivity index (χ0) is 15.4. The first-order valence-corrected chi connectivity index (χ1v) is 6.08. The molecule has 7 heteroatoms. The lowest BCUT2D eigenvalue weighted by Gasteiger charge is -2.04. The summed E-state index contributed by atoms with van der Waals surface area (Å²) >= 11 is 0. The highest BCUT2D eigenvalue weighted by Crippen LogP contribution is 2.22. The first-order chi connectivity index (χ1) is 10.0. The zero-order valence-electron chi connectivity index (χ0n) is 11.1. The van der Waals surface area contributed by atoms with Crippen molar-refractivity contribution in [2.45, 2.75) is 6.92 Å². The van der Waals surface area contributed by atoms with E-state index in [4.69, 9.17) is 9.15 Å². The van der Waals surface area contributed by atoms with Gasteiger partial charge in [-0.1, -0.05) is 0 Å². The minimum absolute atomic E-state index is 0.0809. The maximum absolute atomic E-state index is 11.6. The third-order valence-corrected chi connectivity index (χ3v) is 2.61. The van der Waals surface area contributed by atoms with Crippen LogP contribution in [0.3, 0.4) is 0 Å². The number of ether oxygens (including phenoxy) is 1. The molecule has 0 spiro atoms. The second kappa shape index (κ2) is 6.00. The third-order valence-electron chi connectivity index (χ3n) is 2.61. The zero-order valence-corrected chi connectivity index (χ0v) is 11.1. The summed E-state index contributed by atoms with van der Waals surface area (Å²) in [6, 6.07) is 7.67. The molecule has 1 aromatic carbocycles. The maximum Gasteiger partial charge on any atom is 0.374 e. The molecule has 2 rings (SSSR count). The van der Waals surface area contributed by atoms with Crippen molar-refractivity contribution in [2.75, 3.05) is 6.61 Å². The van der Waals surface area contributed by atoms with Gasteiger partial charge in [0.05, 0.1) is 11.5 Å². The fraction of sp³-hybridized carbons (Fsp3) is 0.143. The minimum atomic E-state index is -0.738. The standard InChI is InChI=1S/C14H11NO6/c1-2-20-14(17)13-8-11(16)7-12(21-13)9-3-5-10(6-4-9)15(18)19/h3-8H,2H2,1H3. The molecule has 0 aliphatic carbocycles. The number of hydrogen-bond acceptors (Lipinski definition) is 6. The summed E-state index contributed by atoms with van der Waals surface area (Å²) in [6.45, 7) is 1.79. The van der Waals surface area contributed by atoms with Crippen molar-refractivity contribution in [1.29, 1.82) is 0 Å². The van der Waals surface area contributed by atoms with E-state index >= 15 is 0 Å². The number of carbonyl (C=O) groups is 1. The molecule has 0 unspecified atom stereocenters. The van der Waals surface area contributed by atoms with Crippen molar-refractivity contribution in [3.8, 4) is 11.3 Å². The van der Waals surface area contributed by atoms with Crippen LogP contribution < -0.4 is 5.43 Å². The molecule has 0 saturated heterocycles. The van der Waals surface area contributed by atoms with Gasteiger partial charge in [0.2, 0.25) is 5.76 Å². The van der Waals surface area contributed by atoms with E-state index in [-0.39, 0.29) is 23.8 Å². The fourth-order valence-corrected chi connectivity index (χ4v) is 1.67. The molecule has 1 heterocycles. The van der Waals surface area contributed by atoms with E-state index < -0.39 is 16.3 Å². The highest BCUT2D eigenvalue weighted by molar-refractivity contribution is 5.86. The molecule has 0 amide bonds. The first kappa shape index (κ1) is 14.4. The molecule has 0 radical (unpaired) electrons. The van der Waals surface area contributed by atoms with Crippen molar-refractivity contribution < 1.29 is 18.9 Å². The molecule has 108 valence electrons. The van der Waals surface area contributed by atoms with Gasteiger partial charge < -0.3 is 9.15 Å². The molecule has 1 aromatic heterocycles. The molecule has 0 bridgehead atoms. The van der Waals surface area contributed by atoms with Crippen LogP contribution in [-0.2, 0) is 4.74 Å². The predicted molar refractivity (Wildman–Crippen MR) is 73.0 cm³/mol. The second-order valence-electron chi connectivity index (χ2n) is 4.05. The van der Waals surface area contributed by atoms with E-state index in [9.17, 15) is 19.7 Å². The van der Waals surface area contributed by atoms with Gasteiger partial charge in [0.25, 0.3) is 5.69 Å². The lowest BCUT2D eigenvalue weighted by Crippen LogP contribution is -2.09. The number of nitro groups is 1. The van der Waals surface area contributed by atoms with Crippen LogP contribution in [0.1, 0.15) is 17.5 Å². The Balaban J connectivity index is 2.42. The average Bonchev–Trinajstić information content (AvgIpc) is 2.47. The topological polar surface area (TPSA) is 99.7 Å². The van der Waals surface area contributed by atoms with Crippen LogP contribution in [0.25, 0.3) is 11.3 Å². The molecule has 0 atom stereocenters. The molecule has 2 aromatic rings. The Bertz CT molecular complexity index is 732. The summed E-state index contributed by atoms with van der Waals surface area (Å²) in [5.41, 5.74) is -0.0517. The van der Waals surface area contributed by atoms with Crippen molar-refractivity contribution >= 4 is 11.7 Å². The van der Waals surface area contributed by atoms with Gasteiger partial charge in [0.1, 0.15) is 5.76 Å². The number of carbonyl (C=O) groups excluding carboxylic acids is 1. The summed E-state index contributed by atoms with van der Waals surface area (Å²) in [7, 11) is 0.